The molecule has 0 radical (unpaired) electrons. The molecule has 0 bridgehead atoms. The molecule has 150 valence electrons. The standard InChI is InChI=1S/C31H20O/c32-31(30-20-23-11-3-6-14-26(23)27-15-7-8-16-28(27)30)18-17-29-24-12-4-1-9-21(24)19-22-10-2-5-13-25(22)29/h1-20H. The summed E-state index contributed by atoms with van der Waals surface area (Å²) in [5.41, 5.74) is 1.82. The second kappa shape index (κ2) is 7.47. The van der Waals surface area contributed by atoms with Crippen LogP contribution in [0.5, 0.6) is 0 Å². The molecule has 0 N–H and O–H groups in total. The maximum absolute atomic E-state index is 13.5. The molecular weight excluding hydrogens is 388 g/mol. The van der Waals surface area contributed by atoms with Crippen molar-refractivity contribution in [1.29, 1.82) is 0 Å². The van der Waals surface area contributed by atoms with Crippen LogP contribution in [0.2, 0.25) is 0 Å². The van der Waals surface area contributed by atoms with Gasteiger partial charge in [-0.2, -0.15) is 0 Å². The number of carbonyl (C=O) groups excluding carboxylic acids is 1. The van der Waals surface area contributed by atoms with Crippen molar-refractivity contribution >= 4 is 54.9 Å². The molecule has 0 saturated heterocycles. The van der Waals surface area contributed by atoms with Gasteiger partial charge < -0.3 is 0 Å². The molecule has 6 aromatic rings. The summed E-state index contributed by atoms with van der Waals surface area (Å²) in [5, 5.41) is 9.00. The van der Waals surface area contributed by atoms with Crippen molar-refractivity contribution in [2.75, 3.05) is 0 Å². The van der Waals surface area contributed by atoms with Gasteiger partial charge in [0.2, 0.25) is 0 Å². The highest BCUT2D eigenvalue weighted by atomic mass is 16.1. The Morgan fingerprint density at radius 2 is 0.969 bits per heavy atom. The van der Waals surface area contributed by atoms with Crippen LogP contribution in [-0.2, 0) is 0 Å². The third-order valence-corrected chi connectivity index (χ3v) is 6.25. The first-order chi connectivity index (χ1) is 15.8. The number of carbonyl (C=O) groups is 1. The number of fused-ring (bicyclic) bond motifs is 5. The van der Waals surface area contributed by atoms with Crippen LogP contribution in [0.1, 0.15) is 15.9 Å². The van der Waals surface area contributed by atoms with Gasteiger partial charge in [0.1, 0.15) is 0 Å². The molecule has 1 heteroatoms. The zero-order valence-corrected chi connectivity index (χ0v) is 17.5. The van der Waals surface area contributed by atoms with E-state index in [0.717, 1.165) is 38.1 Å². The Labute approximate surface area is 186 Å². The van der Waals surface area contributed by atoms with Gasteiger partial charge in [0.25, 0.3) is 0 Å². The first-order valence-corrected chi connectivity index (χ1v) is 10.8. The number of allylic oxidation sites excluding steroid dienone is 1. The minimum Gasteiger partial charge on any atom is -0.289 e. The van der Waals surface area contributed by atoms with Crippen LogP contribution in [0, 0.1) is 0 Å². The fourth-order valence-electron chi connectivity index (χ4n) is 4.74. The molecule has 0 atom stereocenters. The molecule has 6 aromatic carbocycles. The van der Waals surface area contributed by atoms with Gasteiger partial charge >= 0.3 is 0 Å². The lowest BCUT2D eigenvalue weighted by Gasteiger charge is -2.10. The van der Waals surface area contributed by atoms with Crippen LogP contribution < -0.4 is 0 Å². The van der Waals surface area contributed by atoms with Crippen molar-refractivity contribution in [3.63, 3.8) is 0 Å². The zero-order chi connectivity index (χ0) is 21.5. The quantitative estimate of drug-likeness (QED) is 0.125. The minimum atomic E-state index is 0.0176. The maximum Gasteiger partial charge on any atom is 0.186 e. The number of rotatable bonds is 3. The molecule has 0 aliphatic rings. The van der Waals surface area contributed by atoms with E-state index in [1.807, 2.05) is 54.6 Å². The lowest BCUT2D eigenvalue weighted by molar-refractivity contribution is 0.104. The van der Waals surface area contributed by atoms with E-state index >= 15 is 0 Å². The summed E-state index contributed by atoms with van der Waals surface area (Å²) in [6, 6.07) is 37.3. The summed E-state index contributed by atoms with van der Waals surface area (Å²) in [6.07, 6.45) is 3.71. The summed E-state index contributed by atoms with van der Waals surface area (Å²) < 4.78 is 0. The smallest absolute Gasteiger partial charge is 0.186 e. The summed E-state index contributed by atoms with van der Waals surface area (Å²) in [4.78, 5) is 13.5. The van der Waals surface area contributed by atoms with Gasteiger partial charge in [-0.25, -0.2) is 0 Å². The minimum absolute atomic E-state index is 0.0176. The highest BCUT2D eigenvalue weighted by molar-refractivity contribution is 6.21. The molecule has 0 aromatic heterocycles. The topological polar surface area (TPSA) is 17.1 Å². The normalized spacial score (nSPS) is 11.8. The van der Waals surface area contributed by atoms with Crippen molar-refractivity contribution < 1.29 is 4.79 Å². The molecule has 0 unspecified atom stereocenters. The van der Waals surface area contributed by atoms with Gasteiger partial charge in [0.15, 0.2) is 5.78 Å². The summed E-state index contributed by atoms with van der Waals surface area (Å²) in [5.74, 6) is 0.0176. The van der Waals surface area contributed by atoms with Crippen LogP contribution in [0.15, 0.2) is 115 Å². The lowest BCUT2D eigenvalue weighted by atomic mass is 9.93. The fourth-order valence-corrected chi connectivity index (χ4v) is 4.74. The Bertz CT molecular complexity index is 1630. The molecule has 1 nitrogen and oxygen atoms in total. The first-order valence-electron chi connectivity index (χ1n) is 10.8. The molecule has 0 aliphatic carbocycles. The third kappa shape index (κ3) is 2.99. The summed E-state index contributed by atoms with van der Waals surface area (Å²) >= 11 is 0. The molecule has 0 saturated carbocycles. The SMILES string of the molecule is O=C(C=Cc1c2ccccc2cc2ccccc12)c1cc2ccccc2c2ccccc12. The van der Waals surface area contributed by atoms with Crippen molar-refractivity contribution in [2.24, 2.45) is 0 Å². The second-order valence-corrected chi connectivity index (χ2v) is 8.12. The van der Waals surface area contributed by atoms with Gasteiger partial charge in [-0.15, -0.1) is 0 Å². The number of ketones is 1. The van der Waals surface area contributed by atoms with Gasteiger partial charge in [0, 0.05) is 5.56 Å². The molecule has 0 amide bonds. The summed E-state index contributed by atoms with van der Waals surface area (Å²) in [7, 11) is 0. The largest absolute Gasteiger partial charge is 0.289 e. The van der Waals surface area contributed by atoms with Crippen molar-refractivity contribution in [2.45, 2.75) is 0 Å². The van der Waals surface area contributed by atoms with E-state index in [9.17, 15) is 4.79 Å². The van der Waals surface area contributed by atoms with Crippen LogP contribution in [-0.4, -0.2) is 5.78 Å². The number of benzene rings is 6. The van der Waals surface area contributed by atoms with Crippen molar-refractivity contribution in [3.05, 3.63) is 126 Å². The van der Waals surface area contributed by atoms with Gasteiger partial charge in [0.05, 0.1) is 0 Å². The Morgan fingerprint density at radius 1 is 0.500 bits per heavy atom. The number of hydrogen-bond acceptors (Lipinski definition) is 1. The van der Waals surface area contributed by atoms with E-state index in [1.54, 1.807) is 6.08 Å². The average Bonchev–Trinajstić information content (AvgIpc) is 2.86. The molecule has 0 fully saturated rings. The molecule has 0 aliphatic heterocycles. The lowest BCUT2D eigenvalue weighted by Crippen LogP contribution is -1.97. The molecule has 0 heterocycles. The summed E-state index contributed by atoms with van der Waals surface area (Å²) in [6.45, 7) is 0. The van der Waals surface area contributed by atoms with Crippen molar-refractivity contribution in [1.82, 2.24) is 0 Å². The van der Waals surface area contributed by atoms with Crippen LogP contribution in [0.4, 0.5) is 0 Å². The van der Waals surface area contributed by atoms with E-state index in [0.29, 0.717) is 0 Å². The van der Waals surface area contributed by atoms with Gasteiger partial charge in [-0.05, 0) is 72.9 Å². The Kier molecular flexibility index (Phi) is 4.33. The molecule has 32 heavy (non-hydrogen) atoms. The highest BCUT2D eigenvalue weighted by Crippen LogP contribution is 2.31. The Morgan fingerprint density at radius 3 is 1.59 bits per heavy atom. The van der Waals surface area contributed by atoms with Crippen LogP contribution in [0.25, 0.3) is 49.2 Å². The predicted molar refractivity (Wildman–Crippen MR) is 136 cm³/mol. The monoisotopic (exact) mass is 408 g/mol. The predicted octanol–water partition coefficient (Wildman–Crippen LogP) is 8.20. The molecule has 0 spiro atoms. The highest BCUT2D eigenvalue weighted by Gasteiger charge is 2.12. The maximum atomic E-state index is 13.5. The van der Waals surface area contributed by atoms with E-state index in [1.165, 1.54) is 16.2 Å². The zero-order valence-electron chi connectivity index (χ0n) is 17.5. The second-order valence-electron chi connectivity index (χ2n) is 8.12. The van der Waals surface area contributed by atoms with E-state index in [-0.39, 0.29) is 5.78 Å². The van der Waals surface area contributed by atoms with Crippen molar-refractivity contribution in [3.8, 4) is 0 Å². The Hall–Kier alpha value is -4.23. The fraction of sp³-hybridized carbons (Fsp3) is 0. The van der Waals surface area contributed by atoms with E-state index < -0.39 is 0 Å². The number of hydrogen-bond donors (Lipinski definition) is 0. The third-order valence-electron chi connectivity index (χ3n) is 6.25. The molecular formula is C31H20O. The van der Waals surface area contributed by atoms with Crippen LogP contribution >= 0.6 is 0 Å². The van der Waals surface area contributed by atoms with Gasteiger partial charge in [-0.3, -0.25) is 4.79 Å². The first kappa shape index (κ1) is 18.5. The average molecular weight is 409 g/mol. The molecule has 6 rings (SSSR count). The van der Waals surface area contributed by atoms with Crippen LogP contribution in [0.3, 0.4) is 0 Å². The van der Waals surface area contributed by atoms with Gasteiger partial charge in [-0.1, -0.05) is 97.1 Å². The Balaban J connectivity index is 1.54. The van der Waals surface area contributed by atoms with E-state index in [4.69, 9.17) is 0 Å². The van der Waals surface area contributed by atoms with E-state index in [2.05, 4.69) is 60.7 Å².